The lowest BCUT2D eigenvalue weighted by Gasteiger charge is -2.13. The van der Waals surface area contributed by atoms with E-state index in [0.717, 1.165) is 5.56 Å². The lowest BCUT2D eigenvalue weighted by molar-refractivity contribution is 0.102. The van der Waals surface area contributed by atoms with E-state index in [4.69, 9.17) is 44.3 Å². The maximum Gasteiger partial charge on any atom is 0.255 e. The van der Waals surface area contributed by atoms with Gasteiger partial charge in [-0.25, -0.2) is 0 Å². The molecule has 0 aliphatic rings. The van der Waals surface area contributed by atoms with E-state index in [0.29, 0.717) is 27.8 Å². The maximum absolute atomic E-state index is 12.4. The number of hydrogen-bond acceptors (Lipinski definition) is 3. The Morgan fingerprint density at radius 1 is 0.957 bits per heavy atom. The number of carbonyl (C=O) groups excluding carboxylic acids is 1. The first kappa shape index (κ1) is 17.7. The van der Waals surface area contributed by atoms with Crippen molar-refractivity contribution < 1.29 is 14.3 Å². The van der Waals surface area contributed by atoms with Crippen molar-refractivity contribution in [2.24, 2.45) is 0 Å². The molecule has 0 aromatic heterocycles. The Balaban J connectivity index is 2.35. The number of ether oxygens (including phenoxy) is 2. The van der Waals surface area contributed by atoms with Gasteiger partial charge in [-0.15, -0.1) is 0 Å². The Hall–Kier alpha value is -1.62. The minimum atomic E-state index is -0.378. The summed E-state index contributed by atoms with van der Waals surface area (Å²) in [5.41, 5.74) is 1.62. The maximum atomic E-state index is 12.4. The fourth-order valence-electron chi connectivity index (χ4n) is 2.01. The van der Waals surface area contributed by atoms with Gasteiger partial charge in [0.25, 0.3) is 5.91 Å². The summed E-state index contributed by atoms with van der Waals surface area (Å²) >= 11 is 18.2. The van der Waals surface area contributed by atoms with E-state index in [-0.39, 0.29) is 16.0 Å². The number of nitrogens with one attached hydrogen (secondary N) is 1. The van der Waals surface area contributed by atoms with Crippen LogP contribution in [0.15, 0.2) is 24.3 Å². The van der Waals surface area contributed by atoms with Crippen LogP contribution in [0.5, 0.6) is 11.5 Å². The first-order chi connectivity index (χ1) is 10.9. The van der Waals surface area contributed by atoms with Crippen molar-refractivity contribution in [2.75, 3.05) is 19.5 Å². The molecule has 122 valence electrons. The number of methoxy groups -OCH3 is 2. The third-order valence-electron chi connectivity index (χ3n) is 3.19. The summed E-state index contributed by atoms with van der Waals surface area (Å²) in [6, 6.07) is 6.33. The predicted octanol–water partition coefficient (Wildman–Crippen LogP) is 5.22. The van der Waals surface area contributed by atoms with Crippen LogP contribution in [0.1, 0.15) is 15.9 Å². The van der Waals surface area contributed by atoms with Crippen LogP contribution in [0, 0.1) is 6.92 Å². The molecule has 2 aromatic rings. The van der Waals surface area contributed by atoms with Crippen LogP contribution in [0.25, 0.3) is 0 Å². The van der Waals surface area contributed by atoms with Gasteiger partial charge in [0.1, 0.15) is 5.75 Å². The van der Waals surface area contributed by atoms with Crippen LogP contribution >= 0.6 is 34.8 Å². The second kappa shape index (κ2) is 7.30. The van der Waals surface area contributed by atoms with Crippen molar-refractivity contribution >= 4 is 46.4 Å². The van der Waals surface area contributed by atoms with E-state index >= 15 is 0 Å². The van der Waals surface area contributed by atoms with Gasteiger partial charge in [-0.1, -0.05) is 34.8 Å². The molecule has 0 atom stereocenters. The van der Waals surface area contributed by atoms with Gasteiger partial charge >= 0.3 is 0 Å². The van der Waals surface area contributed by atoms with Crippen LogP contribution in [-0.4, -0.2) is 20.1 Å². The molecule has 7 heteroatoms. The lowest BCUT2D eigenvalue weighted by atomic mass is 10.1. The summed E-state index contributed by atoms with van der Waals surface area (Å²) in [5.74, 6) is 0.404. The van der Waals surface area contributed by atoms with E-state index in [2.05, 4.69) is 5.32 Å². The van der Waals surface area contributed by atoms with Crippen molar-refractivity contribution in [3.05, 3.63) is 50.5 Å². The molecule has 0 heterocycles. The first-order valence-corrected chi connectivity index (χ1v) is 7.69. The van der Waals surface area contributed by atoms with Crippen molar-refractivity contribution in [1.29, 1.82) is 0 Å². The highest BCUT2D eigenvalue weighted by Gasteiger charge is 2.16. The summed E-state index contributed by atoms with van der Waals surface area (Å²) in [5, 5.41) is 3.82. The quantitative estimate of drug-likeness (QED) is 0.797. The number of rotatable bonds is 4. The number of anilines is 1. The lowest BCUT2D eigenvalue weighted by Crippen LogP contribution is -2.13. The van der Waals surface area contributed by atoms with E-state index in [9.17, 15) is 4.79 Å². The van der Waals surface area contributed by atoms with E-state index in [1.165, 1.54) is 26.4 Å². The number of halogens is 3. The van der Waals surface area contributed by atoms with E-state index in [1.807, 2.05) is 6.92 Å². The van der Waals surface area contributed by atoms with Crippen LogP contribution in [-0.2, 0) is 0 Å². The first-order valence-electron chi connectivity index (χ1n) is 6.56. The molecule has 0 saturated carbocycles. The Bertz CT molecular complexity index is 739. The molecule has 0 bridgehead atoms. The van der Waals surface area contributed by atoms with E-state index in [1.54, 1.807) is 12.1 Å². The number of amides is 1. The molecule has 0 aliphatic carbocycles. The van der Waals surface area contributed by atoms with Crippen molar-refractivity contribution in [3.8, 4) is 11.5 Å². The van der Waals surface area contributed by atoms with Crippen molar-refractivity contribution in [1.82, 2.24) is 0 Å². The zero-order valence-electron chi connectivity index (χ0n) is 12.7. The van der Waals surface area contributed by atoms with Gasteiger partial charge in [0, 0.05) is 16.7 Å². The van der Waals surface area contributed by atoms with Crippen molar-refractivity contribution in [2.45, 2.75) is 6.92 Å². The number of hydrogen-bond donors (Lipinski definition) is 1. The molecule has 4 nitrogen and oxygen atoms in total. The van der Waals surface area contributed by atoms with Gasteiger partial charge < -0.3 is 14.8 Å². The van der Waals surface area contributed by atoms with Gasteiger partial charge in [-0.05, 0) is 30.7 Å². The Morgan fingerprint density at radius 2 is 1.57 bits per heavy atom. The molecule has 23 heavy (non-hydrogen) atoms. The summed E-state index contributed by atoms with van der Waals surface area (Å²) in [4.78, 5) is 12.4. The number of benzene rings is 2. The van der Waals surface area contributed by atoms with Gasteiger partial charge in [-0.3, -0.25) is 4.79 Å². The normalized spacial score (nSPS) is 10.3. The minimum Gasteiger partial charge on any atom is -0.495 e. The fourth-order valence-corrected chi connectivity index (χ4v) is 2.81. The summed E-state index contributed by atoms with van der Waals surface area (Å²) in [6.07, 6.45) is 0. The molecule has 0 radical (unpaired) electrons. The topological polar surface area (TPSA) is 47.6 Å². The van der Waals surface area contributed by atoms with Crippen LogP contribution < -0.4 is 14.8 Å². The second-order valence-corrected chi connectivity index (χ2v) is 5.95. The fraction of sp³-hybridized carbons (Fsp3) is 0.188. The molecule has 1 N–H and O–H groups in total. The van der Waals surface area contributed by atoms with Crippen molar-refractivity contribution in [3.63, 3.8) is 0 Å². The molecule has 2 aromatic carbocycles. The smallest absolute Gasteiger partial charge is 0.255 e. The Morgan fingerprint density at radius 3 is 2.09 bits per heavy atom. The molecule has 0 saturated heterocycles. The van der Waals surface area contributed by atoms with E-state index < -0.39 is 0 Å². The molecule has 0 fully saturated rings. The summed E-state index contributed by atoms with van der Waals surface area (Å²) in [6.45, 7) is 1.83. The second-order valence-electron chi connectivity index (χ2n) is 4.73. The zero-order valence-corrected chi connectivity index (χ0v) is 14.9. The standard InChI is InChI=1S/C16H14Cl3NO3/c1-8-4-13(14(22-2)7-10(8)17)20-16(21)9-5-11(18)15(23-3)12(19)6-9/h4-7H,1-3H3,(H,20,21). The minimum absolute atomic E-state index is 0.254. The van der Waals surface area contributed by atoms with Gasteiger partial charge in [0.2, 0.25) is 0 Å². The monoisotopic (exact) mass is 373 g/mol. The zero-order chi connectivity index (χ0) is 17.1. The third kappa shape index (κ3) is 3.83. The Kier molecular flexibility index (Phi) is 5.63. The highest BCUT2D eigenvalue weighted by molar-refractivity contribution is 6.38. The molecule has 1 amide bonds. The summed E-state index contributed by atoms with van der Waals surface area (Å²) < 4.78 is 10.3. The van der Waals surface area contributed by atoms with Gasteiger partial charge in [0.15, 0.2) is 5.75 Å². The largest absolute Gasteiger partial charge is 0.495 e. The predicted molar refractivity (Wildman–Crippen MR) is 93.7 cm³/mol. The average Bonchev–Trinajstić information content (AvgIpc) is 2.50. The van der Waals surface area contributed by atoms with Crippen LogP contribution in [0.4, 0.5) is 5.69 Å². The molecule has 2 rings (SSSR count). The molecule has 0 spiro atoms. The third-order valence-corrected chi connectivity index (χ3v) is 4.16. The Labute approximate surface area is 149 Å². The number of aryl methyl sites for hydroxylation is 1. The van der Waals surface area contributed by atoms with Gasteiger partial charge in [-0.2, -0.15) is 0 Å². The SMILES string of the molecule is COc1cc(Cl)c(C)cc1NC(=O)c1cc(Cl)c(OC)c(Cl)c1. The molecular weight excluding hydrogens is 361 g/mol. The van der Waals surface area contributed by atoms with Crippen LogP contribution in [0.3, 0.4) is 0 Å². The summed E-state index contributed by atoms with van der Waals surface area (Å²) in [7, 11) is 2.95. The molecular formula is C16H14Cl3NO3. The molecule has 0 unspecified atom stereocenters. The highest BCUT2D eigenvalue weighted by atomic mass is 35.5. The van der Waals surface area contributed by atoms with Crippen LogP contribution in [0.2, 0.25) is 15.1 Å². The molecule has 0 aliphatic heterocycles. The highest BCUT2D eigenvalue weighted by Crippen LogP contribution is 2.35. The van der Waals surface area contributed by atoms with Gasteiger partial charge in [0.05, 0.1) is 30.0 Å². The average molecular weight is 375 g/mol. The number of carbonyl (C=O) groups is 1.